The zero-order valence-electron chi connectivity index (χ0n) is 13.8. The number of rotatable bonds is 4. The quantitative estimate of drug-likeness (QED) is 0.838. The standard InChI is InChI=1S/C18H30N2O2/c1-2-22-16-11-15(18(16)8-5-9-18)20-17(21)14-10-12-6-3-4-7-13(12)19-14/h12-16,19H,2-11H2,1H3,(H,20,21). The lowest BCUT2D eigenvalue weighted by atomic mass is 9.51. The van der Waals surface area contributed by atoms with Crippen LogP contribution in [0.3, 0.4) is 0 Å². The summed E-state index contributed by atoms with van der Waals surface area (Å²) in [5.74, 6) is 0.986. The molecule has 1 amide bonds. The van der Waals surface area contributed by atoms with Gasteiger partial charge in [-0.05, 0) is 51.4 Å². The van der Waals surface area contributed by atoms with Crippen LogP contribution >= 0.6 is 0 Å². The Morgan fingerprint density at radius 2 is 2.05 bits per heavy atom. The molecule has 4 heteroatoms. The van der Waals surface area contributed by atoms with E-state index in [1.807, 2.05) is 0 Å². The van der Waals surface area contributed by atoms with Gasteiger partial charge in [-0.25, -0.2) is 0 Å². The third-order valence-electron chi connectivity index (χ3n) is 6.93. The van der Waals surface area contributed by atoms with Crippen molar-refractivity contribution in [2.45, 2.75) is 88.9 Å². The van der Waals surface area contributed by atoms with E-state index in [0.29, 0.717) is 18.2 Å². The Kier molecular flexibility index (Phi) is 3.93. The second-order valence-corrected chi connectivity index (χ2v) is 7.93. The Morgan fingerprint density at radius 1 is 1.23 bits per heavy atom. The van der Waals surface area contributed by atoms with Gasteiger partial charge in [0, 0.05) is 24.1 Å². The number of hydrogen-bond acceptors (Lipinski definition) is 3. The molecule has 5 atom stereocenters. The Morgan fingerprint density at radius 3 is 2.73 bits per heavy atom. The minimum Gasteiger partial charge on any atom is -0.378 e. The largest absolute Gasteiger partial charge is 0.378 e. The Labute approximate surface area is 133 Å². The van der Waals surface area contributed by atoms with Crippen molar-refractivity contribution in [2.75, 3.05) is 6.61 Å². The van der Waals surface area contributed by atoms with E-state index in [1.54, 1.807) is 0 Å². The van der Waals surface area contributed by atoms with E-state index in [9.17, 15) is 4.79 Å². The molecule has 3 saturated carbocycles. The summed E-state index contributed by atoms with van der Waals surface area (Å²) >= 11 is 0. The maximum Gasteiger partial charge on any atom is 0.237 e. The topological polar surface area (TPSA) is 50.4 Å². The zero-order valence-corrected chi connectivity index (χ0v) is 13.8. The number of fused-ring (bicyclic) bond motifs is 1. The van der Waals surface area contributed by atoms with Crippen molar-refractivity contribution in [2.24, 2.45) is 11.3 Å². The molecule has 4 aliphatic rings. The summed E-state index contributed by atoms with van der Waals surface area (Å²) in [7, 11) is 0. The smallest absolute Gasteiger partial charge is 0.237 e. The van der Waals surface area contributed by atoms with E-state index in [0.717, 1.165) is 25.4 Å². The Bertz CT molecular complexity index is 421. The van der Waals surface area contributed by atoms with Gasteiger partial charge in [0.1, 0.15) is 0 Å². The third kappa shape index (κ3) is 2.30. The van der Waals surface area contributed by atoms with Gasteiger partial charge >= 0.3 is 0 Å². The predicted octanol–water partition coefficient (Wildman–Crippen LogP) is 2.37. The summed E-state index contributed by atoms with van der Waals surface area (Å²) in [6.07, 6.45) is 11.4. The average molecular weight is 306 g/mol. The van der Waals surface area contributed by atoms with Gasteiger partial charge in [0.05, 0.1) is 12.1 Å². The maximum absolute atomic E-state index is 12.7. The number of carbonyl (C=O) groups excluding carboxylic acids is 1. The second-order valence-electron chi connectivity index (χ2n) is 7.93. The lowest BCUT2D eigenvalue weighted by molar-refractivity contribution is -0.176. The van der Waals surface area contributed by atoms with Gasteiger partial charge in [-0.15, -0.1) is 0 Å². The highest BCUT2D eigenvalue weighted by Crippen LogP contribution is 2.57. The lowest BCUT2D eigenvalue weighted by Crippen LogP contribution is -2.68. The van der Waals surface area contributed by atoms with Crippen LogP contribution in [0.5, 0.6) is 0 Å². The monoisotopic (exact) mass is 306 g/mol. The summed E-state index contributed by atoms with van der Waals surface area (Å²) in [5.41, 5.74) is 0.275. The molecule has 4 fully saturated rings. The van der Waals surface area contributed by atoms with Crippen LogP contribution in [0.4, 0.5) is 0 Å². The van der Waals surface area contributed by atoms with Crippen LogP contribution in [-0.4, -0.2) is 36.7 Å². The molecule has 0 aromatic rings. The van der Waals surface area contributed by atoms with E-state index in [4.69, 9.17) is 4.74 Å². The zero-order chi connectivity index (χ0) is 15.2. The van der Waals surface area contributed by atoms with Crippen molar-refractivity contribution in [3.63, 3.8) is 0 Å². The fourth-order valence-corrected chi connectivity index (χ4v) is 5.43. The van der Waals surface area contributed by atoms with Crippen molar-refractivity contribution < 1.29 is 9.53 Å². The summed E-state index contributed by atoms with van der Waals surface area (Å²) in [4.78, 5) is 12.7. The molecular weight excluding hydrogens is 276 g/mol. The molecule has 1 spiro atoms. The number of carbonyl (C=O) groups is 1. The van der Waals surface area contributed by atoms with Gasteiger partial charge in [-0.1, -0.05) is 19.3 Å². The first-order chi connectivity index (χ1) is 10.7. The van der Waals surface area contributed by atoms with Crippen molar-refractivity contribution in [3.8, 4) is 0 Å². The minimum atomic E-state index is 0.0522. The lowest BCUT2D eigenvalue weighted by Gasteiger charge is -2.61. The average Bonchev–Trinajstić information content (AvgIpc) is 2.88. The third-order valence-corrected chi connectivity index (χ3v) is 6.93. The molecule has 1 saturated heterocycles. The minimum absolute atomic E-state index is 0.0522. The molecule has 1 aliphatic heterocycles. The van der Waals surface area contributed by atoms with Crippen molar-refractivity contribution in [1.82, 2.24) is 10.6 Å². The first kappa shape index (κ1) is 14.9. The molecule has 124 valence electrons. The molecule has 0 radical (unpaired) electrons. The number of amides is 1. The molecule has 2 N–H and O–H groups in total. The molecule has 0 aromatic carbocycles. The predicted molar refractivity (Wildman–Crippen MR) is 85.5 cm³/mol. The Balaban J connectivity index is 1.33. The van der Waals surface area contributed by atoms with Gasteiger partial charge in [0.2, 0.25) is 5.91 Å². The highest BCUT2D eigenvalue weighted by Gasteiger charge is 2.59. The van der Waals surface area contributed by atoms with Crippen LogP contribution in [0.2, 0.25) is 0 Å². The summed E-state index contributed by atoms with van der Waals surface area (Å²) < 4.78 is 5.88. The number of nitrogens with one attached hydrogen (secondary N) is 2. The van der Waals surface area contributed by atoms with Gasteiger partial charge in [0.15, 0.2) is 0 Å². The fraction of sp³-hybridized carbons (Fsp3) is 0.944. The summed E-state index contributed by atoms with van der Waals surface area (Å²) in [5, 5.41) is 6.97. The maximum atomic E-state index is 12.7. The molecule has 22 heavy (non-hydrogen) atoms. The van der Waals surface area contributed by atoms with E-state index >= 15 is 0 Å². The normalized spacial score (nSPS) is 42.3. The molecular formula is C18H30N2O2. The molecule has 1 heterocycles. The van der Waals surface area contributed by atoms with Crippen LogP contribution < -0.4 is 10.6 Å². The van der Waals surface area contributed by atoms with Crippen LogP contribution in [0.1, 0.15) is 64.7 Å². The van der Waals surface area contributed by atoms with Gasteiger partial charge < -0.3 is 15.4 Å². The molecule has 4 nitrogen and oxygen atoms in total. The van der Waals surface area contributed by atoms with Crippen molar-refractivity contribution in [1.29, 1.82) is 0 Å². The van der Waals surface area contributed by atoms with Crippen LogP contribution in [0.25, 0.3) is 0 Å². The number of ether oxygens (including phenoxy) is 1. The molecule has 0 bridgehead atoms. The van der Waals surface area contributed by atoms with E-state index < -0.39 is 0 Å². The van der Waals surface area contributed by atoms with Gasteiger partial charge in [-0.3, -0.25) is 4.79 Å². The highest BCUT2D eigenvalue weighted by molar-refractivity contribution is 5.82. The molecule has 3 aliphatic carbocycles. The van der Waals surface area contributed by atoms with Gasteiger partial charge in [0.25, 0.3) is 0 Å². The fourth-order valence-electron chi connectivity index (χ4n) is 5.43. The highest BCUT2D eigenvalue weighted by atomic mass is 16.5. The summed E-state index contributed by atoms with van der Waals surface area (Å²) in [6.45, 7) is 2.86. The number of hydrogen-bond donors (Lipinski definition) is 2. The second kappa shape index (κ2) is 5.79. The van der Waals surface area contributed by atoms with Gasteiger partial charge in [-0.2, -0.15) is 0 Å². The molecule has 0 aromatic heterocycles. The first-order valence-corrected chi connectivity index (χ1v) is 9.41. The first-order valence-electron chi connectivity index (χ1n) is 9.41. The van der Waals surface area contributed by atoms with E-state index in [2.05, 4.69) is 17.6 Å². The van der Waals surface area contributed by atoms with Crippen molar-refractivity contribution in [3.05, 3.63) is 0 Å². The Hall–Kier alpha value is -0.610. The van der Waals surface area contributed by atoms with Crippen LogP contribution in [-0.2, 0) is 9.53 Å². The van der Waals surface area contributed by atoms with Crippen LogP contribution in [0, 0.1) is 11.3 Å². The van der Waals surface area contributed by atoms with E-state index in [1.165, 1.54) is 44.9 Å². The molecule has 5 unspecified atom stereocenters. The SMILES string of the molecule is CCOC1CC(NC(=O)C2CC3CCCCC3N2)C12CCC2. The molecule has 4 rings (SSSR count). The van der Waals surface area contributed by atoms with E-state index in [-0.39, 0.29) is 17.4 Å². The van der Waals surface area contributed by atoms with Crippen LogP contribution in [0.15, 0.2) is 0 Å². The van der Waals surface area contributed by atoms with Crippen molar-refractivity contribution >= 4 is 5.91 Å². The summed E-state index contributed by atoms with van der Waals surface area (Å²) in [6, 6.07) is 1.01.